The van der Waals surface area contributed by atoms with Crippen molar-refractivity contribution in [3.8, 4) is 11.5 Å². The summed E-state index contributed by atoms with van der Waals surface area (Å²) in [4.78, 5) is 7.84. The van der Waals surface area contributed by atoms with Crippen molar-refractivity contribution in [1.29, 1.82) is 0 Å². The summed E-state index contributed by atoms with van der Waals surface area (Å²) in [7, 11) is 1.75. The topological polar surface area (TPSA) is 68.8 Å². The third kappa shape index (κ3) is 3.06. The quantitative estimate of drug-likeness (QED) is 0.893. The number of nitrogens with one attached hydrogen (secondary N) is 1. The van der Waals surface area contributed by atoms with Crippen molar-refractivity contribution in [3.05, 3.63) is 18.4 Å². The molecule has 6 nitrogen and oxygen atoms in total. The van der Waals surface area contributed by atoms with Crippen LogP contribution in [-0.2, 0) is 13.6 Å². The summed E-state index contributed by atoms with van der Waals surface area (Å²) < 4.78 is 42.2. The molecule has 0 aliphatic carbocycles. The Morgan fingerprint density at radius 3 is 2.83 bits per heavy atom. The highest BCUT2D eigenvalue weighted by Crippen LogP contribution is 2.15. The van der Waals surface area contributed by atoms with Crippen LogP contribution in [0.3, 0.4) is 0 Å². The maximum Gasteiger partial charge on any atom is 0.401 e. The molecule has 0 saturated heterocycles. The SMILES string of the molecule is Cn1cncc1-c1noc(CNCC(F)(F)F)n1. The van der Waals surface area contributed by atoms with E-state index in [0.717, 1.165) is 0 Å². The van der Waals surface area contributed by atoms with Crippen molar-refractivity contribution < 1.29 is 17.7 Å². The van der Waals surface area contributed by atoms with Gasteiger partial charge in [-0.25, -0.2) is 4.98 Å². The minimum atomic E-state index is -4.26. The van der Waals surface area contributed by atoms with E-state index in [4.69, 9.17) is 4.52 Å². The standard InChI is InChI=1S/C9H10F3N5O/c1-17-5-14-2-6(17)8-15-7(18-16-8)3-13-4-9(10,11)12/h2,5,13H,3-4H2,1H3. The van der Waals surface area contributed by atoms with Gasteiger partial charge in [-0.3, -0.25) is 0 Å². The highest BCUT2D eigenvalue weighted by atomic mass is 19.4. The molecule has 0 spiro atoms. The summed E-state index contributed by atoms with van der Waals surface area (Å²) in [6.07, 6.45) is -1.16. The van der Waals surface area contributed by atoms with Crippen molar-refractivity contribution in [3.63, 3.8) is 0 Å². The predicted octanol–water partition coefficient (Wildman–Crippen LogP) is 1.12. The van der Waals surface area contributed by atoms with Crippen molar-refractivity contribution in [2.24, 2.45) is 7.05 Å². The lowest BCUT2D eigenvalue weighted by Crippen LogP contribution is -2.28. The highest BCUT2D eigenvalue weighted by molar-refractivity contribution is 5.46. The summed E-state index contributed by atoms with van der Waals surface area (Å²) in [6.45, 7) is -1.24. The van der Waals surface area contributed by atoms with Crippen LogP contribution in [0.4, 0.5) is 13.2 Å². The van der Waals surface area contributed by atoms with Crippen LogP contribution in [-0.4, -0.2) is 32.4 Å². The second-order valence-electron chi connectivity index (χ2n) is 3.62. The molecule has 2 aromatic rings. The molecule has 0 amide bonds. The van der Waals surface area contributed by atoms with Crippen LogP contribution in [0.15, 0.2) is 17.0 Å². The first kappa shape index (κ1) is 12.6. The van der Waals surface area contributed by atoms with E-state index in [0.29, 0.717) is 11.5 Å². The number of nitrogens with zero attached hydrogens (tertiary/aromatic N) is 4. The van der Waals surface area contributed by atoms with Gasteiger partial charge in [-0.05, 0) is 0 Å². The molecule has 0 aliphatic heterocycles. The van der Waals surface area contributed by atoms with Crippen molar-refractivity contribution in [2.75, 3.05) is 6.54 Å². The van der Waals surface area contributed by atoms with E-state index in [9.17, 15) is 13.2 Å². The van der Waals surface area contributed by atoms with E-state index >= 15 is 0 Å². The highest BCUT2D eigenvalue weighted by Gasteiger charge is 2.26. The lowest BCUT2D eigenvalue weighted by molar-refractivity contribution is -0.125. The molecule has 1 N–H and O–H groups in total. The number of aromatic nitrogens is 4. The molecule has 2 rings (SSSR count). The molecule has 98 valence electrons. The van der Waals surface area contributed by atoms with Crippen molar-refractivity contribution >= 4 is 0 Å². The summed E-state index contributed by atoms with van der Waals surface area (Å²) in [6, 6.07) is 0. The van der Waals surface area contributed by atoms with Crippen LogP contribution in [0.5, 0.6) is 0 Å². The smallest absolute Gasteiger partial charge is 0.337 e. The van der Waals surface area contributed by atoms with Crippen LogP contribution >= 0.6 is 0 Å². The molecule has 0 bridgehead atoms. The lowest BCUT2D eigenvalue weighted by atomic mass is 10.4. The number of imidazole rings is 1. The summed E-state index contributed by atoms with van der Waals surface area (Å²) >= 11 is 0. The molecule has 0 unspecified atom stereocenters. The van der Waals surface area contributed by atoms with Gasteiger partial charge < -0.3 is 14.4 Å². The molecular formula is C9H10F3N5O. The number of rotatable bonds is 4. The van der Waals surface area contributed by atoms with E-state index < -0.39 is 12.7 Å². The molecule has 9 heteroatoms. The first-order valence-corrected chi connectivity index (χ1v) is 5.02. The number of aryl methyl sites for hydroxylation is 1. The molecule has 2 aromatic heterocycles. The Labute approximate surface area is 99.8 Å². The van der Waals surface area contributed by atoms with Crippen LogP contribution in [0.2, 0.25) is 0 Å². The zero-order chi connectivity index (χ0) is 13.2. The Morgan fingerprint density at radius 2 is 2.22 bits per heavy atom. The van der Waals surface area contributed by atoms with Gasteiger partial charge in [-0.2, -0.15) is 18.2 Å². The Morgan fingerprint density at radius 1 is 1.44 bits per heavy atom. The average Bonchev–Trinajstić information content (AvgIpc) is 2.84. The van der Waals surface area contributed by atoms with Crippen LogP contribution in [0.1, 0.15) is 5.89 Å². The molecule has 0 aromatic carbocycles. The number of hydrogen-bond donors (Lipinski definition) is 1. The zero-order valence-electron chi connectivity index (χ0n) is 9.40. The van der Waals surface area contributed by atoms with Gasteiger partial charge in [0.1, 0.15) is 5.69 Å². The van der Waals surface area contributed by atoms with Gasteiger partial charge >= 0.3 is 6.18 Å². The Bertz CT molecular complexity index is 518. The van der Waals surface area contributed by atoms with E-state index in [1.165, 1.54) is 6.20 Å². The van der Waals surface area contributed by atoms with E-state index in [1.807, 2.05) is 0 Å². The Kier molecular flexibility index (Phi) is 3.32. The lowest BCUT2D eigenvalue weighted by Gasteiger charge is -2.05. The van der Waals surface area contributed by atoms with E-state index in [1.54, 1.807) is 17.9 Å². The fraction of sp³-hybridized carbons (Fsp3) is 0.444. The van der Waals surface area contributed by atoms with Gasteiger partial charge in [0.2, 0.25) is 11.7 Å². The largest absolute Gasteiger partial charge is 0.401 e. The molecule has 18 heavy (non-hydrogen) atoms. The monoisotopic (exact) mass is 261 g/mol. The fourth-order valence-electron chi connectivity index (χ4n) is 1.31. The summed E-state index contributed by atoms with van der Waals surface area (Å²) in [5.41, 5.74) is 0.626. The van der Waals surface area contributed by atoms with Gasteiger partial charge in [0.15, 0.2) is 0 Å². The minimum absolute atomic E-state index is 0.0930. The normalized spacial score (nSPS) is 12.0. The summed E-state index contributed by atoms with van der Waals surface area (Å²) in [5.74, 6) is 0.384. The van der Waals surface area contributed by atoms with Crippen LogP contribution in [0.25, 0.3) is 11.5 Å². The molecule has 0 atom stereocenters. The second kappa shape index (κ2) is 4.77. The van der Waals surface area contributed by atoms with Gasteiger partial charge in [0.25, 0.3) is 0 Å². The Balaban J connectivity index is 1.97. The first-order valence-electron chi connectivity index (χ1n) is 5.02. The van der Waals surface area contributed by atoms with Gasteiger partial charge in [-0.15, -0.1) is 0 Å². The van der Waals surface area contributed by atoms with Crippen molar-refractivity contribution in [1.82, 2.24) is 25.0 Å². The third-order valence-electron chi connectivity index (χ3n) is 2.12. The van der Waals surface area contributed by atoms with Crippen molar-refractivity contribution in [2.45, 2.75) is 12.7 Å². The average molecular weight is 261 g/mol. The molecule has 0 saturated carbocycles. The van der Waals surface area contributed by atoms with Crippen LogP contribution < -0.4 is 5.32 Å². The van der Waals surface area contributed by atoms with Gasteiger partial charge in [-0.1, -0.05) is 5.16 Å². The predicted molar refractivity (Wildman–Crippen MR) is 54.3 cm³/mol. The molecular weight excluding hydrogens is 251 g/mol. The maximum atomic E-state index is 11.9. The second-order valence-corrected chi connectivity index (χ2v) is 3.62. The summed E-state index contributed by atoms with van der Waals surface area (Å²) in [5, 5.41) is 5.84. The molecule has 2 heterocycles. The zero-order valence-corrected chi connectivity index (χ0v) is 9.40. The first-order chi connectivity index (χ1) is 8.46. The third-order valence-corrected chi connectivity index (χ3v) is 2.12. The van der Waals surface area contributed by atoms with Gasteiger partial charge in [0, 0.05) is 7.05 Å². The fourth-order valence-corrected chi connectivity index (χ4v) is 1.31. The van der Waals surface area contributed by atoms with Gasteiger partial charge in [0.05, 0.1) is 25.6 Å². The van der Waals surface area contributed by atoms with E-state index in [-0.39, 0.29) is 12.4 Å². The Hall–Kier alpha value is -1.90. The molecule has 0 fully saturated rings. The maximum absolute atomic E-state index is 11.9. The number of halogens is 3. The number of hydrogen-bond acceptors (Lipinski definition) is 5. The van der Waals surface area contributed by atoms with E-state index in [2.05, 4.69) is 20.4 Å². The molecule has 0 aliphatic rings. The molecule has 0 radical (unpaired) electrons. The van der Waals surface area contributed by atoms with Crippen LogP contribution in [0, 0.1) is 0 Å². The number of alkyl halides is 3. The minimum Gasteiger partial charge on any atom is -0.337 e.